The highest BCUT2D eigenvalue weighted by Crippen LogP contribution is 2.04. The number of benzene rings is 1. The summed E-state index contributed by atoms with van der Waals surface area (Å²) < 4.78 is 0. The average Bonchev–Trinajstić information content (AvgIpc) is 2.18. The normalized spacial score (nSPS) is 10.7. The van der Waals surface area contributed by atoms with Gasteiger partial charge in [-0.25, -0.2) is 0 Å². The Morgan fingerprint density at radius 2 is 2.00 bits per heavy atom. The molecule has 1 aromatic rings. The summed E-state index contributed by atoms with van der Waals surface area (Å²) in [5, 5.41) is 12.3. The van der Waals surface area contributed by atoms with Crippen LogP contribution in [0.15, 0.2) is 29.4 Å². The lowest BCUT2D eigenvalue weighted by molar-refractivity contribution is 0.213. The molecule has 0 N–H and O–H groups in total. The molecule has 0 atom stereocenters. The van der Waals surface area contributed by atoms with Crippen molar-refractivity contribution in [2.24, 2.45) is 5.16 Å². The molecular formula is C10H10N2O. The molecular weight excluding hydrogens is 164 g/mol. The number of nitriles is 1. The van der Waals surface area contributed by atoms with Crippen molar-refractivity contribution in [1.82, 2.24) is 0 Å². The molecule has 66 valence electrons. The van der Waals surface area contributed by atoms with Gasteiger partial charge in [0.15, 0.2) is 0 Å². The van der Waals surface area contributed by atoms with E-state index >= 15 is 0 Å². The third-order valence-electron chi connectivity index (χ3n) is 1.66. The monoisotopic (exact) mass is 174 g/mol. The number of nitrogens with zero attached hydrogens (tertiary/aromatic N) is 2. The van der Waals surface area contributed by atoms with Gasteiger partial charge >= 0.3 is 0 Å². The van der Waals surface area contributed by atoms with Crippen LogP contribution in [0, 0.1) is 11.3 Å². The lowest BCUT2D eigenvalue weighted by atomic mass is 10.1. The third-order valence-corrected chi connectivity index (χ3v) is 1.66. The van der Waals surface area contributed by atoms with E-state index in [0.29, 0.717) is 5.56 Å². The summed E-state index contributed by atoms with van der Waals surface area (Å²) in [5.41, 5.74) is 2.40. The fraction of sp³-hybridized carbons (Fsp3) is 0.200. The van der Waals surface area contributed by atoms with Gasteiger partial charge in [-0.15, -0.1) is 0 Å². The standard InChI is InChI=1S/C10H10N2O/c1-8(12-13-2)10-5-3-9(7-11)4-6-10/h3-6H,1-2H3/b12-8+. The number of hydrogen-bond donors (Lipinski definition) is 0. The van der Waals surface area contributed by atoms with Crippen LogP contribution in [0.3, 0.4) is 0 Å². The Bertz CT molecular complexity index is 346. The Kier molecular flexibility index (Phi) is 3.04. The second-order valence-electron chi connectivity index (χ2n) is 2.55. The van der Waals surface area contributed by atoms with Crippen LogP contribution < -0.4 is 0 Å². The van der Waals surface area contributed by atoms with E-state index in [1.807, 2.05) is 19.1 Å². The molecule has 0 aliphatic carbocycles. The Morgan fingerprint density at radius 3 is 2.46 bits per heavy atom. The highest BCUT2D eigenvalue weighted by molar-refractivity contribution is 5.98. The van der Waals surface area contributed by atoms with Gasteiger partial charge in [-0.1, -0.05) is 17.3 Å². The van der Waals surface area contributed by atoms with Gasteiger partial charge in [-0.05, 0) is 24.6 Å². The van der Waals surface area contributed by atoms with Gasteiger partial charge in [0.25, 0.3) is 0 Å². The fourth-order valence-corrected chi connectivity index (χ4v) is 0.976. The van der Waals surface area contributed by atoms with Crippen LogP contribution >= 0.6 is 0 Å². The van der Waals surface area contributed by atoms with Crippen LogP contribution in [0.5, 0.6) is 0 Å². The Labute approximate surface area is 77.2 Å². The van der Waals surface area contributed by atoms with Crippen LogP contribution in [-0.4, -0.2) is 12.8 Å². The minimum Gasteiger partial charge on any atom is -0.399 e. The first-order valence-corrected chi connectivity index (χ1v) is 3.86. The lowest BCUT2D eigenvalue weighted by Crippen LogP contribution is -1.94. The molecule has 0 spiro atoms. The molecule has 0 saturated carbocycles. The molecule has 0 aromatic heterocycles. The molecule has 0 radical (unpaired) electrons. The van der Waals surface area contributed by atoms with Crippen molar-refractivity contribution in [3.63, 3.8) is 0 Å². The maximum atomic E-state index is 8.57. The molecule has 0 heterocycles. The molecule has 0 bridgehead atoms. The van der Waals surface area contributed by atoms with Crippen molar-refractivity contribution < 1.29 is 4.84 Å². The first-order chi connectivity index (χ1) is 6.27. The number of hydrogen-bond acceptors (Lipinski definition) is 3. The summed E-state index contributed by atoms with van der Waals surface area (Å²) in [4.78, 5) is 4.64. The van der Waals surface area contributed by atoms with E-state index in [4.69, 9.17) is 5.26 Å². The SMILES string of the molecule is CO/N=C(\C)c1ccc(C#N)cc1. The van der Waals surface area contributed by atoms with Crippen LogP contribution in [0.25, 0.3) is 0 Å². The van der Waals surface area contributed by atoms with E-state index in [9.17, 15) is 0 Å². The van der Waals surface area contributed by atoms with Gasteiger partial charge in [0.2, 0.25) is 0 Å². The van der Waals surface area contributed by atoms with Gasteiger partial charge < -0.3 is 4.84 Å². The van der Waals surface area contributed by atoms with E-state index in [2.05, 4.69) is 16.1 Å². The predicted molar refractivity (Wildman–Crippen MR) is 50.4 cm³/mol. The van der Waals surface area contributed by atoms with Crippen molar-refractivity contribution in [1.29, 1.82) is 5.26 Å². The average molecular weight is 174 g/mol. The summed E-state index contributed by atoms with van der Waals surface area (Å²) in [7, 11) is 1.51. The molecule has 0 aliphatic rings. The second kappa shape index (κ2) is 4.27. The summed E-state index contributed by atoms with van der Waals surface area (Å²) >= 11 is 0. The van der Waals surface area contributed by atoms with Crippen LogP contribution in [0.2, 0.25) is 0 Å². The topological polar surface area (TPSA) is 45.4 Å². The highest BCUT2D eigenvalue weighted by Gasteiger charge is 1.97. The third kappa shape index (κ3) is 2.31. The largest absolute Gasteiger partial charge is 0.399 e. The predicted octanol–water partition coefficient (Wildman–Crippen LogP) is 1.93. The number of oxime groups is 1. The Hall–Kier alpha value is -1.82. The Morgan fingerprint density at radius 1 is 1.38 bits per heavy atom. The smallest absolute Gasteiger partial charge is 0.106 e. The van der Waals surface area contributed by atoms with Crippen LogP contribution in [0.1, 0.15) is 18.1 Å². The highest BCUT2D eigenvalue weighted by atomic mass is 16.6. The van der Waals surface area contributed by atoms with Gasteiger partial charge in [0, 0.05) is 0 Å². The van der Waals surface area contributed by atoms with E-state index in [-0.39, 0.29) is 0 Å². The summed E-state index contributed by atoms with van der Waals surface area (Å²) in [6.07, 6.45) is 0. The molecule has 0 amide bonds. The minimum absolute atomic E-state index is 0.647. The van der Waals surface area contributed by atoms with E-state index < -0.39 is 0 Å². The zero-order valence-electron chi connectivity index (χ0n) is 7.61. The molecule has 1 aromatic carbocycles. The molecule has 0 fully saturated rings. The first-order valence-electron chi connectivity index (χ1n) is 3.86. The molecule has 1 rings (SSSR count). The van der Waals surface area contributed by atoms with Gasteiger partial charge in [0.1, 0.15) is 7.11 Å². The van der Waals surface area contributed by atoms with Gasteiger partial charge in [-0.2, -0.15) is 5.26 Å². The maximum absolute atomic E-state index is 8.57. The van der Waals surface area contributed by atoms with E-state index in [0.717, 1.165) is 11.3 Å². The number of rotatable bonds is 2. The molecule has 3 nitrogen and oxygen atoms in total. The second-order valence-corrected chi connectivity index (χ2v) is 2.55. The zero-order chi connectivity index (χ0) is 9.68. The molecule has 3 heteroatoms. The zero-order valence-corrected chi connectivity index (χ0v) is 7.61. The van der Waals surface area contributed by atoms with E-state index in [1.165, 1.54) is 7.11 Å². The van der Waals surface area contributed by atoms with Crippen molar-refractivity contribution >= 4 is 5.71 Å². The fourth-order valence-electron chi connectivity index (χ4n) is 0.976. The summed E-state index contributed by atoms with van der Waals surface area (Å²) in [6, 6.07) is 9.25. The van der Waals surface area contributed by atoms with E-state index in [1.54, 1.807) is 12.1 Å². The molecule has 0 aliphatic heterocycles. The Balaban J connectivity index is 2.94. The van der Waals surface area contributed by atoms with Crippen LogP contribution in [-0.2, 0) is 4.84 Å². The van der Waals surface area contributed by atoms with Gasteiger partial charge in [0.05, 0.1) is 17.3 Å². The first kappa shape index (κ1) is 9.27. The minimum atomic E-state index is 0.647. The molecule has 0 unspecified atom stereocenters. The molecule has 0 saturated heterocycles. The molecule has 13 heavy (non-hydrogen) atoms. The van der Waals surface area contributed by atoms with Gasteiger partial charge in [-0.3, -0.25) is 0 Å². The summed E-state index contributed by atoms with van der Waals surface area (Å²) in [6.45, 7) is 1.85. The summed E-state index contributed by atoms with van der Waals surface area (Å²) in [5.74, 6) is 0. The van der Waals surface area contributed by atoms with Crippen molar-refractivity contribution in [3.05, 3.63) is 35.4 Å². The van der Waals surface area contributed by atoms with Crippen molar-refractivity contribution in [2.75, 3.05) is 7.11 Å². The van der Waals surface area contributed by atoms with Crippen molar-refractivity contribution in [3.8, 4) is 6.07 Å². The quantitative estimate of drug-likeness (QED) is 0.508. The maximum Gasteiger partial charge on any atom is 0.106 e. The lowest BCUT2D eigenvalue weighted by Gasteiger charge is -1.98. The van der Waals surface area contributed by atoms with Crippen molar-refractivity contribution in [2.45, 2.75) is 6.92 Å². The van der Waals surface area contributed by atoms with Crippen LogP contribution in [0.4, 0.5) is 0 Å².